The van der Waals surface area contributed by atoms with Crippen LogP contribution in [0.15, 0.2) is 36.4 Å². The maximum atomic E-state index is 12.2. The van der Waals surface area contributed by atoms with Gasteiger partial charge in [0, 0.05) is 12.1 Å². The number of ether oxygens (including phenoxy) is 4. The Balaban J connectivity index is 2.02. The third-order valence-corrected chi connectivity index (χ3v) is 3.76. The van der Waals surface area contributed by atoms with Crippen LogP contribution < -0.4 is 24.3 Å². The molecule has 0 aromatic heterocycles. The molecule has 0 unspecified atom stereocenters. The number of carbonyl (C=O) groups excluding carboxylic acids is 1. The molecule has 0 bridgehead atoms. The van der Waals surface area contributed by atoms with Crippen molar-refractivity contribution in [3.63, 3.8) is 0 Å². The van der Waals surface area contributed by atoms with E-state index < -0.39 is 0 Å². The topological polar surface area (TPSA) is 66.0 Å². The lowest BCUT2D eigenvalue weighted by Gasteiger charge is -2.14. The SMILES string of the molecule is COc1cccc(C(=O)NCCc2cc(OC)c(OC)c(OC)c2)c1. The molecule has 0 aliphatic rings. The van der Waals surface area contributed by atoms with Crippen LogP contribution in [0.1, 0.15) is 15.9 Å². The maximum Gasteiger partial charge on any atom is 0.251 e. The van der Waals surface area contributed by atoms with Gasteiger partial charge in [0.25, 0.3) is 5.91 Å². The fraction of sp³-hybridized carbons (Fsp3) is 0.316. The standard InChI is InChI=1S/C19H23NO5/c1-22-15-7-5-6-14(12-15)19(21)20-9-8-13-10-16(23-2)18(25-4)17(11-13)24-3/h5-7,10-12H,8-9H2,1-4H3,(H,20,21). The van der Waals surface area contributed by atoms with Gasteiger partial charge in [-0.2, -0.15) is 0 Å². The van der Waals surface area contributed by atoms with Crippen LogP contribution in [0.25, 0.3) is 0 Å². The molecule has 6 nitrogen and oxygen atoms in total. The van der Waals surface area contributed by atoms with Crippen molar-refractivity contribution < 1.29 is 23.7 Å². The summed E-state index contributed by atoms with van der Waals surface area (Å²) in [4.78, 5) is 12.2. The van der Waals surface area contributed by atoms with E-state index in [1.54, 1.807) is 52.7 Å². The second kappa shape index (κ2) is 8.82. The molecule has 0 saturated carbocycles. The Hall–Kier alpha value is -2.89. The molecule has 0 heterocycles. The van der Waals surface area contributed by atoms with Crippen molar-refractivity contribution in [3.05, 3.63) is 47.5 Å². The van der Waals surface area contributed by atoms with Crippen LogP contribution in [0.3, 0.4) is 0 Å². The van der Waals surface area contributed by atoms with E-state index in [0.717, 1.165) is 5.56 Å². The first-order chi connectivity index (χ1) is 12.1. The molecule has 1 N–H and O–H groups in total. The monoisotopic (exact) mass is 345 g/mol. The molecule has 0 saturated heterocycles. The normalized spacial score (nSPS) is 10.1. The Morgan fingerprint density at radius 1 is 0.920 bits per heavy atom. The van der Waals surface area contributed by atoms with E-state index in [4.69, 9.17) is 18.9 Å². The number of amides is 1. The van der Waals surface area contributed by atoms with Crippen LogP contribution in [0.4, 0.5) is 0 Å². The van der Waals surface area contributed by atoms with Gasteiger partial charge in [0.15, 0.2) is 11.5 Å². The van der Waals surface area contributed by atoms with E-state index in [0.29, 0.717) is 41.5 Å². The zero-order valence-corrected chi connectivity index (χ0v) is 14.9. The summed E-state index contributed by atoms with van der Waals surface area (Å²) in [7, 11) is 6.28. The third kappa shape index (κ3) is 4.56. The minimum absolute atomic E-state index is 0.147. The quantitative estimate of drug-likeness (QED) is 0.797. The van der Waals surface area contributed by atoms with Gasteiger partial charge in [0.2, 0.25) is 5.75 Å². The van der Waals surface area contributed by atoms with Crippen LogP contribution in [0.5, 0.6) is 23.0 Å². The maximum absolute atomic E-state index is 12.2. The van der Waals surface area contributed by atoms with E-state index in [1.165, 1.54) is 0 Å². The number of methoxy groups -OCH3 is 4. The van der Waals surface area contributed by atoms with Crippen LogP contribution in [-0.2, 0) is 6.42 Å². The molecule has 25 heavy (non-hydrogen) atoms. The van der Waals surface area contributed by atoms with Gasteiger partial charge in [-0.1, -0.05) is 6.07 Å². The lowest BCUT2D eigenvalue weighted by atomic mass is 10.1. The molecule has 0 aliphatic heterocycles. The summed E-state index contributed by atoms with van der Waals surface area (Å²) in [6.45, 7) is 0.481. The second-order valence-electron chi connectivity index (χ2n) is 5.27. The van der Waals surface area contributed by atoms with Gasteiger partial charge in [0.1, 0.15) is 5.75 Å². The number of carbonyl (C=O) groups is 1. The summed E-state index contributed by atoms with van der Waals surface area (Å²) in [5.74, 6) is 2.24. The van der Waals surface area contributed by atoms with Crippen molar-refractivity contribution >= 4 is 5.91 Å². The van der Waals surface area contributed by atoms with Crippen molar-refractivity contribution in [1.82, 2.24) is 5.32 Å². The van der Waals surface area contributed by atoms with Crippen molar-refractivity contribution in [3.8, 4) is 23.0 Å². The van der Waals surface area contributed by atoms with E-state index >= 15 is 0 Å². The smallest absolute Gasteiger partial charge is 0.251 e. The molecule has 2 rings (SSSR count). The average Bonchev–Trinajstić information content (AvgIpc) is 2.66. The lowest BCUT2D eigenvalue weighted by Crippen LogP contribution is -2.25. The molecule has 0 fully saturated rings. The Bertz CT molecular complexity index is 704. The van der Waals surface area contributed by atoms with Gasteiger partial charge in [-0.3, -0.25) is 4.79 Å². The van der Waals surface area contributed by atoms with Crippen molar-refractivity contribution in [1.29, 1.82) is 0 Å². The number of hydrogen-bond donors (Lipinski definition) is 1. The highest BCUT2D eigenvalue weighted by Crippen LogP contribution is 2.38. The number of hydrogen-bond acceptors (Lipinski definition) is 5. The Kier molecular flexibility index (Phi) is 6.51. The highest BCUT2D eigenvalue weighted by Gasteiger charge is 2.13. The Morgan fingerprint density at radius 3 is 2.16 bits per heavy atom. The molecule has 2 aromatic carbocycles. The summed E-state index contributed by atoms with van der Waals surface area (Å²) >= 11 is 0. The Morgan fingerprint density at radius 2 is 1.60 bits per heavy atom. The number of nitrogens with one attached hydrogen (secondary N) is 1. The van der Waals surface area contributed by atoms with E-state index in [-0.39, 0.29) is 5.91 Å². The van der Waals surface area contributed by atoms with Gasteiger partial charge in [-0.05, 0) is 42.3 Å². The third-order valence-electron chi connectivity index (χ3n) is 3.76. The largest absolute Gasteiger partial charge is 0.497 e. The first-order valence-corrected chi connectivity index (χ1v) is 7.84. The van der Waals surface area contributed by atoms with Crippen molar-refractivity contribution in [2.24, 2.45) is 0 Å². The number of benzene rings is 2. The van der Waals surface area contributed by atoms with Crippen LogP contribution in [0, 0.1) is 0 Å². The fourth-order valence-electron chi connectivity index (χ4n) is 2.47. The Labute approximate surface area is 147 Å². The summed E-state index contributed by atoms with van der Waals surface area (Å²) in [5.41, 5.74) is 1.53. The van der Waals surface area contributed by atoms with Crippen LogP contribution in [-0.4, -0.2) is 40.9 Å². The second-order valence-corrected chi connectivity index (χ2v) is 5.27. The predicted octanol–water partition coefficient (Wildman–Crippen LogP) is 2.69. The first-order valence-electron chi connectivity index (χ1n) is 7.84. The lowest BCUT2D eigenvalue weighted by molar-refractivity contribution is 0.0954. The molecule has 0 spiro atoms. The van der Waals surface area contributed by atoms with Crippen LogP contribution >= 0.6 is 0 Å². The highest BCUT2D eigenvalue weighted by atomic mass is 16.5. The fourth-order valence-corrected chi connectivity index (χ4v) is 2.47. The minimum atomic E-state index is -0.147. The average molecular weight is 345 g/mol. The van der Waals surface area contributed by atoms with Gasteiger partial charge in [0.05, 0.1) is 28.4 Å². The summed E-state index contributed by atoms with van der Waals surface area (Å²) < 4.78 is 21.1. The van der Waals surface area contributed by atoms with Gasteiger partial charge >= 0.3 is 0 Å². The van der Waals surface area contributed by atoms with Gasteiger partial charge in [-0.15, -0.1) is 0 Å². The summed E-state index contributed by atoms with van der Waals surface area (Å²) in [6.07, 6.45) is 0.631. The summed E-state index contributed by atoms with van der Waals surface area (Å²) in [6, 6.07) is 10.8. The molecule has 134 valence electrons. The highest BCUT2D eigenvalue weighted by molar-refractivity contribution is 5.94. The van der Waals surface area contributed by atoms with E-state index in [9.17, 15) is 4.79 Å². The van der Waals surface area contributed by atoms with Crippen molar-refractivity contribution in [2.45, 2.75) is 6.42 Å². The predicted molar refractivity (Wildman–Crippen MR) is 95.1 cm³/mol. The zero-order chi connectivity index (χ0) is 18.2. The molecule has 0 aliphatic carbocycles. The van der Waals surface area contributed by atoms with Crippen molar-refractivity contribution in [2.75, 3.05) is 35.0 Å². The molecule has 6 heteroatoms. The van der Waals surface area contributed by atoms with Crippen LogP contribution in [0.2, 0.25) is 0 Å². The zero-order valence-electron chi connectivity index (χ0n) is 14.9. The van der Waals surface area contributed by atoms with Gasteiger partial charge in [-0.25, -0.2) is 0 Å². The summed E-state index contributed by atoms with van der Waals surface area (Å²) in [5, 5.41) is 2.89. The molecule has 0 radical (unpaired) electrons. The van der Waals surface area contributed by atoms with E-state index in [2.05, 4.69) is 5.32 Å². The molecular weight excluding hydrogens is 322 g/mol. The molecule has 2 aromatic rings. The molecular formula is C19H23NO5. The number of rotatable bonds is 8. The minimum Gasteiger partial charge on any atom is -0.497 e. The molecule has 1 amide bonds. The van der Waals surface area contributed by atoms with Gasteiger partial charge < -0.3 is 24.3 Å². The first kappa shape index (κ1) is 18.4. The molecule has 0 atom stereocenters. The van der Waals surface area contributed by atoms with E-state index in [1.807, 2.05) is 12.1 Å².